The van der Waals surface area contributed by atoms with Gasteiger partial charge in [0.15, 0.2) is 5.13 Å². The molecule has 0 amide bonds. The first-order chi connectivity index (χ1) is 7.97. The van der Waals surface area contributed by atoms with Crippen molar-refractivity contribution in [2.75, 3.05) is 18.5 Å². The molecule has 0 atom stereocenters. The SMILES string of the molecule is CN(CC1CCCC1)c1ncc(C(F)(F)F)s1. The van der Waals surface area contributed by atoms with E-state index in [4.69, 9.17) is 0 Å². The van der Waals surface area contributed by atoms with Gasteiger partial charge in [-0.05, 0) is 18.8 Å². The fourth-order valence-electron chi connectivity index (χ4n) is 2.23. The molecule has 0 N–H and O–H groups in total. The molecule has 2 nitrogen and oxygen atoms in total. The molecule has 0 bridgehead atoms. The third-order valence-electron chi connectivity index (χ3n) is 3.11. The number of hydrogen-bond acceptors (Lipinski definition) is 3. The highest BCUT2D eigenvalue weighted by Crippen LogP contribution is 2.36. The van der Waals surface area contributed by atoms with Crippen LogP contribution in [0.5, 0.6) is 0 Å². The van der Waals surface area contributed by atoms with Crippen LogP contribution in [0, 0.1) is 5.92 Å². The molecule has 1 aliphatic carbocycles. The molecular weight excluding hydrogens is 249 g/mol. The highest BCUT2D eigenvalue weighted by Gasteiger charge is 2.33. The summed E-state index contributed by atoms with van der Waals surface area (Å²) in [6.45, 7) is 0.810. The van der Waals surface area contributed by atoms with Gasteiger partial charge in [-0.2, -0.15) is 13.2 Å². The number of aromatic nitrogens is 1. The van der Waals surface area contributed by atoms with E-state index in [0.717, 1.165) is 24.1 Å². The topological polar surface area (TPSA) is 16.1 Å². The number of alkyl halides is 3. The largest absolute Gasteiger partial charge is 0.427 e. The molecule has 0 unspecified atom stereocenters. The Morgan fingerprint density at radius 3 is 2.59 bits per heavy atom. The van der Waals surface area contributed by atoms with Gasteiger partial charge in [-0.25, -0.2) is 4.98 Å². The van der Waals surface area contributed by atoms with Crippen LogP contribution in [0.2, 0.25) is 0 Å². The van der Waals surface area contributed by atoms with E-state index in [0.29, 0.717) is 11.0 Å². The average Bonchev–Trinajstić information content (AvgIpc) is 2.85. The number of anilines is 1. The zero-order valence-electron chi connectivity index (χ0n) is 9.63. The van der Waals surface area contributed by atoms with Gasteiger partial charge in [0.25, 0.3) is 0 Å². The number of rotatable bonds is 3. The molecule has 1 fully saturated rings. The molecular formula is C11H15F3N2S. The van der Waals surface area contributed by atoms with Gasteiger partial charge in [0.1, 0.15) is 4.88 Å². The molecule has 2 rings (SSSR count). The smallest absolute Gasteiger partial charge is 0.351 e. The Bertz CT molecular complexity index is 369. The van der Waals surface area contributed by atoms with Crippen molar-refractivity contribution in [3.8, 4) is 0 Å². The second kappa shape index (κ2) is 4.84. The first kappa shape index (κ1) is 12.7. The standard InChI is InChI=1S/C11H15F3N2S/c1-16(7-8-4-2-3-5-8)10-15-6-9(17-10)11(12,13)14/h6,8H,2-5,7H2,1H3. The zero-order valence-corrected chi connectivity index (χ0v) is 10.4. The minimum absolute atomic E-state index is 0.462. The summed E-state index contributed by atoms with van der Waals surface area (Å²) in [5, 5.41) is 0.462. The maximum absolute atomic E-state index is 12.4. The van der Waals surface area contributed by atoms with E-state index < -0.39 is 11.1 Å². The molecule has 1 aromatic rings. The van der Waals surface area contributed by atoms with Crippen LogP contribution < -0.4 is 4.90 Å². The van der Waals surface area contributed by atoms with Crippen LogP contribution in [0.25, 0.3) is 0 Å². The van der Waals surface area contributed by atoms with Gasteiger partial charge >= 0.3 is 6.18 Å². The molecule has 1 heterocycles. The van der Waals surface area contributed by atoms with Crippen molar-refractivity contribution < 1.29 is 13.2 Å². The van der Waals surface area contributed by atoms with E-state index in [1.807, 2.05) is 11.9 Å². The minimum atomic E-state index is -4.27. The van der Waals surface area contributed by atoms with Crippen LogP contribution >= 0.6 is 11.3 Å². The summed E-state index contributed by atoms with van der Waals surface area (Å²) in [6, 6.07) is 0. The molecule has 0 spiro atoms. The van der Waals surface area contributed by atoms with Crippen molar-refractivity contribution >= 4 is 16.5 Å². The van der Waals surface area contributed by atoms with Gasteiger partial charge in [-0.1, -0.05) is 24.2 Å². The van der Waals surface area contributed by atoms with Gasteiger partial charge in [0, 0.05) is 13.6 Å². The molecule has 0 saturated heterocycles. The number of halogens is 3. The minimum Gasteiger partial charge on any atom is -0.351 e. The lowest BCUT2D eigenvalue weighted by Gasteiger charge is -2.19. The van der Waals surface area contributed by atoms with E-state index in [1.165, 1.54) is 25.7 Å². The predicted octanol–water partition coefficient (Wildman–Crippen LogP) is 3.79. The summed E-state index contributed by atoms with van der Waals surface area (Å²) < 4.78 is 37.3. The van der Waals surface area contributed by atoms with Gasteiger partial charge in [0.2, 0.25) is 0 Å². The lowest BCUT2D eigenvalue weighted by molar-refractivity contribution is -0.134. The third-order valence-corrected chi connectivity index (χ3v) is 4.26. The summed E-state index contributed by atoms with van der Waals surface area (Å²) in [5.74, 6) is 0.609. The Hall–Kier alpha value is -0.780. The fraction of sp³-hybridized carbons (Fsp3) is 0.727. The van der Waals surface area contributed by atoms with Crippen molar-refractivity contribution in [3.63, 3.8) is 0 Å². The highest BCUT2D eigenvalue weighted by atomic mass is 32.1. The van der Waals surface area contributed by atoms with E-state index in [-0.39, 0.29) is 0 Å². The van der Waals surface area contributed by atoms with Crippen LogP contribution in [0.1, 0.15) is 30.6 Å². The van der Waals surface area contributed by atoms with Crippen LogP contribution in [0.4, 0.5) is 18.3 Å². The monoisotopic (exact) mass is 264 g/mol. The Balaban J connectivity index is 1.99. The highest BCUT2D eigenvalue weighted by molar-refractivity contribution is 7.15. The third kappa shape index (κ3) is 3.12. The van der Waals surface area contributed by atoms with E-state index in [1.54, 1.807) is 0 Å². The lowest BCUT2D eigenvalue weighted by atomic mass is 10.1. The quantitative estimate of drug-likeness (QED) is 0.825. The van der Waals surface area contributed by atoms with Gasteiger partial charge in [-0.3, -0.25) is 0 Å². The number of thiazole rings is 1. The molecule has 96 valence electrons. The summed E-state index contributed by atoms with van der Waals surface area (Å²) in [5.41, 5.74) is 0. The number of nitrogens with zero attached hydrogens (tertiary/aromatic N) is 2. The Labute approximate surface area is 102 Å². The van der Waals surface area contributed by atoms with Crippen molar-refractivity contribution in [2.45, 2.75) is 31.9 Å². The van der Waals surface area contributed by atoms with Crippen LogP contribution in [-0.2, 0) is 6.18 Å². The molecule has 0 aromatic carbocycles. The van der Waals surface area contributed by atoms with E-state index in [9.17, 15) is 13.2 Å². The molecule has 6 heteroatoms. The number of hydrogen-bond donors (Lipinski definition) is 0. The van der Waals surface area contributed by atoms with Crippen molar-refractivity contribution in [1.29, 1.82) is 0 Å². The Morgan fingerprint density at radius 1 is 1.41 bits per heavy atom. The first-order valence-electron chi connectivity index (χ1n) is 5.71. The van der Waals surface area contributed by atoms with Crippen LogP contribution in [0.3, 0.4) is 0 Å². The summed E-state index contributed by atoms with van der Waals surface area (Å²) >= 11 is 0.721. The first-order valence-corrected chi connectivity index (χ1v) is 6.52. The summed E-state index contributed by atoms with van der Waals surface area (Å²) in [6.07, 6.45) is 1.49. The van der Waals surface area contributed by atoms with Crippen molar-refractivity contribution in [3.05, 3.63) is 11.1 Å². The molecule has 1 saturated carbocycles. The molecule has 17 heavy (non-hydrogen) atoms. The zero-order chi connectivity index (χ0) is 12.5. The maximum Gasteiger partial charge on any atom is 0.427 e. The normalized spacial score (nSPS) is 17.6. The Morgan fingerprint density at radius 2 is 2.06 bits per heavy atom. The van der Waals surface area contributed by atoms with Crippen molar-refractivity contribution in [2.24, 2.45) is 5.92 Å². The van der Waals surface area contributed by atoms with E-state index in [2.05, 4.69) is 4.98 Å². The second-order valence-corrected chi connectivity index (χ2v) is 5.54. The van der Waals surface area contributed by atoms with Crippen molar-refractivity contribution in [1.82, 2.24) is 4.98 Å². The maximum atomic E-state index is 12.4. The molecule has 0 radical (unpaired) electrons. The average molecular weight is 264 g/mol. The van der Waals surface area contributed by atoms with Gasteiger partial charge in [-0.15, -0.1) is 0 Å². The van der Waals surface area contributed by atoms with Gasteiger partial charge in [0.05, 0.1) is 6.20 Å². The molecule has 1 aromatic heterocycles. The summed E-state index contributed by atoms with van der Waals surface area (Å²) in [4.78, 5) is 5.07. The van der Waals surface area contributed by atoms with Crippen LogP contribution in [-0.4, -0.2) is 18.6 Å². The lowest BCUT2D eigenvalue weighted by Crippen LogP contribution is -2.23. The molecule has 1 aliphatic rings. The van der Waals surface area contributed by atoms with E-state index >= 15 is 0 Å². The Kier molecular flexibility index (Phi) is 3.61. The predicted molar refractivity (Wildman–Crippen MR) is 62.3 cm³/mol. The van der Waals surface area contributed by atoms with Crippen LogP contribution in [0.15, 0.2) is 6.20 Å². The molecule has 0 aliphatic heterocycles. The fourth-order valence-corrected chi connectivity index (χ4v) is 2.98. The second-order valence-electron chi connectivity index (χ2n) is 4.54. The van der Waals surface area contributed by atoms with Gasteiger partial charge < -0.3 is 4.90 Å². The summed E-state index contributed by atoms with van der Waals surface area (Å²) in [7, 11) is 1.82.